The van der Waals surface area contributed by atoms with E-state index in [-0.39, 0.29) is 24.7 Å². The molecule has 1 aromatic heterocycles. The fourth-order valence-electron chi connectivity index (χ4n) is 2.61. The minimum atomic E-state index is -0.172. The third kappa shape index (κ3) is 5.74. The van der Waals surface area contributed by atoms with Crippen LogP contribution in [0.5, 0.6) is 0 Å². The zero-order valence-electron chi connectivity index (χ0n) is 14.9. The zero-order valence-corrected chi connectivity index (χ0v) is 14.9. The number of anilines is 1. The van der Waals surface area contributed by atoms with E-state index in [1.54, 1.807) is 17.1 Å². The largest absolute Gasteiger partial charge is 0.343 e. The summed E-state index contributed by atoms with van der Waals surface area (Å²) < 4.78 is 1.70. The van der Waals surface area contributed by atoms with Gasteiger partial charge in [0.15, 0.2) is 0 Å². The van der Waals surface area contributed by atoms with Crippen molar-refractivity contribution in [2.24, 2.45) is 0 Å². The quantitative estimate of drug-likeness (QED) is 0.761. The minimum absolute atomic E-state index is 0.0406. The number of aromatic nitrogens is 2. The number of nitrogens with zero attached hydrogens (tertiary/aromatic N) is 3. The Kier molecular flexibility index (Phi) is 7.19. The summed E-state index contributed by atoms with van der Waals surface area (Å²) in [7, 11) is 0. The van der Waals surface area contributed by atoms with Crippen LogP contribution in [0.1, 0.15) is 39.5 Å². The highest BCUT2D eigenvalue weighted by atomic mass is 16.2. The molecule has 25 heavy (non-hydrogen) atoms. The lowest BCUT2D eigenvalue weighted by atomic mass is 10.2. The number of carbonyl (C=O) groups excluding carboxylic acids is 2. The van der Waals surface area contributed by atoms with Gasteiger partial charge in [-0.25, -0.2) is 4.68 Å². The highest BCUT2D eigenvalue weighted by molar-refractivity contribution is 5.93. The van der Waals surface area contributed by atoms with Crippen LogP contribution >= 0.6 is 0 Å². The molecule has 2 amide bonds. The molecule has 0 unspecified atom stereocenters. The van der Waals surface area contributed by atoms with E-state index in [0.717, 1.165) is 31.6 Å². The van der Waals surface area contributed by atoms with Crippen LogP contribution in [0, 0.1) is 0 Å². The molecule has 2 rings (SSSR count). The molecular weight excluding hydrogens is 316 g/mol. The molecule has 0 saturated heterocycles. The van der Waals surface area contributed by atoms with Crippen molar-refractivity contribution in [1.82, 2.24) is 14.7 Å². The first-order valence-electron chi connectivity index (χ1n) is 8.81. The smallest absolute Gasteiger partial charge is 0.224 e. The molecule has 0 atom stereocenters. The van der Waals surface area contributed by atoms with Crippen molar-refractivity contribution in [3.63, 3.8) is 0 Å². The van der Waals surface area contributed by atoms with E-state index in [0.29, 0.717) is 5.69 Å². The predicted molar refractivity (Wildman–Crippen MR) is 98.6 cm³/mol. The van der Waals surface area contributed by atoms with Crippen molar-refractivity contribution in [3.05, 3.63) is 42.7 Å². The molecule has 0 aliphatic rings. The van der Waals surface area contributed by atoms with Crippen molar-refractivity contribution in [3.8, 4) is 5.69 Å². The van der Waals surface area contributed by atoms with Crippen LogP contribution in [-0.2, 0) is 9.59 Å². The Morgan fingerprint density at radius 1 is 1.08 bits per heavy atom. The summed E-state index contributed by atoms with van der Waals surface area (Å²) in [5, 5.41) is 7.04. The third-order valence-electron chi connectivity index (χ3n) is 3.79. The summed E-state index contributed by atoms with van der Waals surface area (Å²) in [6, 6.07) is 9.67. The molecule has 0 spiro atoms. The maximum Gasteiger partial charge on any atom is 0.224 e. The summed E-state index contributed by atoms with van der Waals surface area (Å²) in [6.07, 6.45) is 5.63. The Labute approximate surface area is 148 Å². The summed E-state index contributed by atoms with van der Waals surface area (Å²) in [5.41, 5.74) is 1.55. The van der Waals surface area contributed by atoms with Crippen molar-refractivity contribution < 1.29 is 9.59 Å². The number of rotatable bonds is 9. The van der Waals surface area contributed by atoms with Gasteiger partial charge in [-0.1, -0.05) is 32.0 Å². The number of amides is 2. The average Bonchev–Trinajstić information content (AvgIpc) is 3.08. The Morgan fingerprint density at radius 3 is 2.40 bits per heavy atom. The molecule has 1 heterocycles. The lowest BCUT2D eigenvalue weighted by molar-refractivity contribution is -0.132. The normalized spacial score (nSPS) is 10.5. The molecule has 6 nitrogen and oxygen atoms in total. The minimum Gasteiger partial charge on any atom is -0.343 e. The van der Waals surface area contributed by atoms with E-state index in [1.165, 1.54) is 0 Å². The van der Waals surface area contributed by atoms with Crippen LogP contribution in [0.2, 0.25) is 0 Å². The predicted octanol–water partition coefficient (Wildman–Crippen LogP) is 3.24. The third-order valence-corrected chi connectivity index (χ3v) is 3.79. The van der Waals surface area contributed by atoms with E-state index in [4.69, 9.17) is 0 Å². The molecule has 0 bridgehead atoms. The number of para-hydroxylation sites is 1. The number of nitrogens with one attached hydrogen (secondary N) is 1. The first kappa shape index (κ1) is 18.7. The lowest BCUT2D eigenvalue weighted by Gasteiger charge is -2.21. The van der Waals surface area contributed by atoms with E-state index in [2.05, 4.69) is 10.4 Å². The lowest BCUT2D eigenvalue weighted by Crippen LogP contribution is -2.33. The van der Waals surface area contributed by atoms with E-state index in [9.17, 15) is 9.59 Å². The Hall–Kier alpha value is -2.63. The summed E-state index contributed by atoms with van der Waals surface area (Å²) in [4.78, 5) is 26.1. The SMILES string of the molecule is CCCN(CCC)C(=O)CCC(=O)Nc1cnn(-c2ccccc2)c1. The standard InChI is InChI=1S/C19H26N4O2/c1-3-12-22(13-4-2)19(25)11-10-18(24)21-16-14-20-23(15-16)17-8-6-5-7-9-17/h5-9,14-15H,3-4,10-13H2,1-2H3,(H,21,24). The van der Waals surface area contributed by atoms with Gasteiger partial charge in [-0.3, -0.25) is 9.59 Å². The van der Waals surface area contributed by atoms with E-state index >= 15 is 0 Å². The van der Waals surface area contributed by atoms with Crippen LogP contribution in [0.25, 0.3) is 5.69 Å². The number of hydrogen-bond donors (Lipinski definition) is 1. The van der Waals surface area contributed by atoms with Crippen LogP contribution in [0.3, 0.4) is 0 Å². The average molecular weight is 342 g/mol. The van der Waals surface area contributed by atoms with Gasteiger partial charge in [0, 0.05) is 25.9 Å². The monoisotopic (exact) mass is 342 g/mol. The van der Waals surface area contributed by atoms with Crippen molar-refractivity contribution in [2.45, 2.75) is 39.5 Å². The van der Waals surface area contributed by atoms with Crippen molar-refractivity contribution >= 4 is 17.5 Å². The molecule has 2 aromatic rings. The molecule has 0 aliphatic heterocycles. The fourth-order valence-corrected chi connectivity index (χ4v) is 2.61. The van der Waals surface area contributed by atoms with Gasteiger partial charge in [0.2, 0.25) is 11.8 Å². The Balaban J connectivity index is 1.84. The first-order chi connectivity index (χ1) is 12.1. The van der Waals surface area contributed by atoms with Gasteiger partial charge < -0.3 is 10.2 Å². The fraction of sp³-hybridized carbons (Fsp3) is 0.421. The Morgan fingerprint density at radius 2 is 1.76 bits per heavy atom. The van der Waals surface area contributed by atoms with Crippen molar-refractivity contribution in [2.75, 3.05) is 18.4 Å². The summed E-state index contributed by atoms with van der Waals surface area (Å²) in [6.45, 7) is 5.59. The maximum absolute atomic E-state index is 12.2. The second-order valence-electron chi connectivity index (χ2n) is 5.94. The molecule has 1 aromatic carbocycles. The van der Waals surface area contributed by atoms with Gasteiger partial charge in [-0.05, 0) is 25.0 Å². The Bertz CT molecular complexity index is 676. The number of carbonyl (C=O) groups is 2. The summed E-state index contributed by atoms with van der Waals surface area (Å²) >= 11 is 0. The van der Waals surface area contributed by atoms with Gasteiger partial charge in [0.05, 0.1) is 23.8 Å². The van der Waals surface area contributed by atoms with Crippen LogP contribution in [0.4, 0.5) is 5.69 Å². The second kappa shape index (κ2) is 9.61. The number of hydrogen-bond acceptors (Lipinski definition) is 3. The van der Waals surface area contributed by atoms with E-state index < -0.39 is 0 Å². The second-order valence-corrected chi connectivity index (χ2v) is 5.94. The zero-order chi connectivity index (χ0) is 18.1. The summed E-state index contributed by atoms with van der Waals surface area (Å²) in [5.74, 6) is -0.132. The van der Waals surface area contributed by atoms with Crippen LogP contribution in [-0.4, -0.2) is 39.6 Å². The number of benzene rings is 1. The van der Waals surface area contributed by atoms with Gasteiger partial charge >= 0.3 is 0 Å². The van der Waals surface area contributed by atoms with Gasteiger partial charge in [-0.15, -0.1) is 0 Å². The molecule has 6 heteroatoms. The molecule has 0 aliphatic carbocycles. The molecule has 0 saturated carbocycles. The maximum atomic E-state index is 12.2. The molecule has 0 radical (unpaired) electrons. The van der Waals surface area contributed by atoms with Gasteiger partial charge in [0.25, 0.3) is 0 Å². The highest BCUT2D eigenvalue weighted by Crippen LogP contribution is 2.12. The molecular formula is C19H26N4O2. The topological polar surface area (TPSA) is 67.2 Å². The van der Waals surface area contributed by atoms with E-state index in [1.807, 2.05) is 49.1 Å². The molecule has 1 N–H and O–H groups in total. The van der Waals surface area contributed by atoms with Gasteiger partial charge in [-0.2, -0.15) is 5.10 Å². The van der Waals surface area contributed by atoms with Crippen molar-refractivity contribution in [1.29, 1.82) is 0 Å². The highest BCUT2D eigenvalue weighted by Gasteiger charge is 2.14. The molecule has 0 fully saturated rings. The first-order valence-corrected chi connectivity index (χ1v) is 8.81. The van der Waals surface area contributed by atoms with Crippen LogP contribution < -0.4 is 5.32 Å². The van der Waals surface area contributed by atoms with Crippen LogP contribution in [0.15, 0.2) is 42.7 Å². The molecule has 134 valence electrons. The van der Waals surface area contributed by atoms with Gasteiger partial charge in [0.1, 0.15) is 0 Å².